The lowest BCUT2D eigenvalue weighted by Crippen LogP contribution is -2.35. The number of aromatic nitrogens is 3. The van der Waals surface area contributed by atoms with Gasteiger partial charge >= 0.3 is 12.4 Å². The van der Waals surface area contributed by atoms with Crippen LogP contribution in [0.4, 0.5) is 32.0 Å². The Morgan fingerprint density at radius 1 is 1.21 bits per heavy atom. The summed E-state index contributed by atoms with van der Waals surface area (Å²) in [6, 6.07) is 3.32. The molecule has 2 rings (SSSR count). The Morgan fingerprint density at radius 2 is 1.88 bits per heavy atom. The van der Waals surface area contributed by atoms with Gasteiger partial charge in [0.15, 0.2) is 5.15 Å². The predicted octanol–water partition coefficient (Wildman–Crippen LogP) is 5.08. The molecular weight excluding hydrogens is 498 g/mol. The zero-order chi connectivity index (χ0) is 24.8. The van der Waals surface area contributed by atoms with Gasteiger partial charge in [0.05, 0.1) is 24.5 Å². The van der Waals surface area contributed by atoms with E-state index in [-0.39, 0.29) is 17.4 Å². The average Bonchev–Trinajstić information content (AvgIpc) is 3.10. The van der Waals surface area contributed by atoms with Gasteiger partial charge in [0, 0.05) is 47.4 Å². The molecule has 0 aliphatic rings. The third-order valence-electron chi connectivity index (χ3n) is 4.58. The number of nitrogens with zero attached hydrogens (tertiary/aromatic N) is 4. The molecule has 0 spiro atoms. The molecule has 6 nitrogen and oxygen atoms in total. The van der Waals surface area contributed by atoms with Crippen molar-refractivity contribution in [3.05, 3.63) is 35.9 Å². The number of pyridine rings is 1. The van der Waals surface area contributed by atoms with E-state index in [2.05, 4.69) is 10.1 Å². The summed E-state index contributed by atoms with van der Waals surface area (Å²) in [5.41, 5.74) is 0.689. The van der Waals surface area contributed by atoms with E-state index >= 15 is 0 Å². The highest BCUT2D eigenvalue weighted by molar-refractivity contribution is 7.85. The fraction of sp³-hybridized carbons (Fsp3) is 0.526. The fourth-order valence-electron chi connectivity index (χ4n) is 2.97. The van der Waals surface area contributed by atoms with E-state index < -0.39 is 65.7 Å². The summed E-state index contributed by atoms with van der Waals surface area (Å²) in [5.74, 6) is -1.61. The number of rotatable bonds is 10. The minimum absolute atomic E-state index is 0.0540. The molecule has 2 aromatic heterocycles. The van der Waals surface area contributed by atoms with Gasteiger partial charge in [0.1, 0.15) is 5.69 Å². The monoisotopic (exact) mass is 518 g/mol. The van der Waals surface area contributed by atoms with E-state index in [1.54, 1.807) is 19.1 Å². The van der Waals surface area contributed by atoms with Gasteiger partial charge in [-0.1, -0.05) is 11.6 Å². The summed E-state index contributed by atoms with van der Waals surface area (Å²) in [6.45, 7) is 1.64. The van der Waals surface area contributed by atoms with E-state index in [0.29, 0.717) is 5.69 Å². The molecule has 2 atom stereocenters. The van der Waals surface area contributed by atoms with Gasteiger partial charge in [-0.25, -0.2) is 4.68 Å². The third kappa shape index (κ3) is 8.61. The summed E-state index contributed by atoms with van der Waals surface area (Å²) in [4.78, 5) is 18.0. The van der Waals surface area contributed by atoms with Crippen molar-refractivity contribution in [1.29, 1.82) is 0 Å². The van der Waals surface area contributed by atoms with Crippen LogP contribution in [0.2, 0.25) is 5.15 Å². The Kier molecular flexibility index (Phi) is 9.29. The Labute approximate surface area is 193 Å². The van der Waals surface area contributed by atoms with Crippen LogP contribution in [-0.2, 0) is 15.6 Å². The van der Waals surface area contributed by atoms with Crippen molar-refractivity contribution < 1.29 is 35.3 Å². The molecular formula is C19H21ClF6N4O2S. The Balaban J connectivity index is 2.21. The molecule has 0 radical (unpaired) electrons. The maximum absolute atomic E-state index is 12.9. The smallest absolute Gasteiger partial charge is 0.308 e. The summed E-state index contributed by atoms with van der Waals surface area (Å²) in [7, 11) is -2.29. The van der Waals surface area contributed by atoms with E-state index in [1.807, 2.05) is 0 Å². The largest absolute Gasteiger partial charge is 0.390 e. The van der Waals surface area contributed by atoms with Gasteiger partial charge in [-0.3, -0.25) is 14.0 Å². The lowest BCUT2D eigenvalue weighted by atomic mass is 10.1. The summed E-state index contributed by atoms with van der Waals surface area (Å²) < 4.78 is 89.3. The normalized spacial score (nSPS) is 14.2. The number of anilines is 1. The van der Waals surface area contributed by atoms with Crippen molar-refractivity contribution in [2.24, 2.45) is 0 Å². The number of amides is 1. The first kappa shape index (κ1) is 27.1. The molecule has 0 saturated carbocycles. The van der Waals surface area contributed by atoms with Crippen LogP contribution in [0.1, 0.15) is 32.6 Å². The molecule has 2 aromatic rings. The highest BCUT2D eigenvalue weighted by Crippen LogP contribution is 2.30. The predicted molar refractivity (Wildman–Crippen MR) is 112 cm³/mol. The molecule has 0 saturated heterocycles. The zero-order valence-electron chi connectivity index (χ0n) is 17.4. The Morgan fingerprint density at radius 3 is 2.42 bits per heavy atom. The maximum Gasteiger partial charge on any atom is 0.390 e. The van der Waals surface area contributed by atoms with Crippen LogP contribution in [0.5, 0.6) is 0 Å². The number of carbonyl (C=O) groups excluding carboxylic acids is 1. The first-order valence-electron chi connectivity index (χ1n) is 9.77. The Hall–Kier alpha value is -2.15. The molecule has 184 valence electrons. The summed E-state index contributed by atoms with van der Waals surface area (Å²) in [6.07, 6.45) is -8.92. The van der Waals surface area contributed by atoms with Gasteiger partial charge in [0.25, 0.3) is 0 Å². The first-order chi connectivity index (χ1) is 15.3. The van der Waals surface area contributed by atoms with Gasteiger partial charge in [0.2, 0.25) is 5.91 Å². The third-order valence-corrected chi connectivity index (χ3v) is 6.60. The van der Waals surface area contributed by atoms with Crippen LogP contribution in [0.25, 0.3) is 5.69 Å². The van der Waals surface area contributed by atoms with Crippen molar-refractivity contribution in [3.63, 3.8) is 0 Å². The van der Waals surface area contributed by atoms with Crippen molar-refractivity contribution in [2.45, 2.75) is 50.2 Å². The van der Waals surface area contributed by atoms with Crippen LogP contribution < -0.4 is 4.90 Å². The number of halogens is 7. The topological polar surface area (TPSA) is 68.1 Å². The van der Waals surface area contributed by atoms with E-state index in [0.717, 1.165) is 4.90 Å². The zero-order valence-corrected chi connectivity index (χ0v) is 18.9. The minimum atomic E-state index is -4.61. The SMILES string of the molecule is CCN(C(=O)CC(CCC(F)(F)F)S(=O)CCC(F)(F)F)c1cn(-c2cccnc2)nc1Cl. The van der Waals surface area contributed by atoms with Crippen LogP contribution in [0.3, 0.4) is 0 Å². The Bertz CT molecular complexity index is 952. The van der Waals surface area contributed by atoms with E-state index in [1.165, 1.54) is 23.3 Å². The fourth-order valence-corrected chi connectivity index (χ4v) is 4.67. The molecule has 14 heteroatoms. The first-order valence-corrected chi connectivity index (χ1v) is 11.5. The number of hydrogen-bond donors (Lipinski definition) is 0. The molecule has 33 heavy (non-hydrogen) atoms. The van der Waals surface area contributed by atoms with Crippen LogP contribution >= 0.6 is 11.6 Å². The molecule has 0 aromatic carbocycles. The van der Waals surface area contributed by atoms with Gasteiger partial charge in [-0.2, -0.15) is 31.4 Å². The quantitative estimate of drug-likeness (QED) is 0.412. The van der Waals surface area contributed by atoms with Crippen LogP contribution in [0.15, 0.2) is 30.7 Å². The van der Waals surface area contributed by atoms with Gasteiger partial charge in [-0.05, 0) is 25.5 Å². The van der Waals surface area contributed by atoms with Crippen LogP contribution in [0, 0.1) is 0 Å². The van der Waals surface area contributed by atoms with Crippen molar-refractivity contribution >= 4 is 34.0 Å². The van der Waals surface area contributed by atoms with E-state index in [4.69, 9.17) is 11.6 Å². The van der Waals surface area contributed by atoms with Crippen molar-refractivity contribution in [1.82, 2.24) is 14.8 Å². The number of alkyl halides is 6. The van der Waals surface area contributed by atoms with Crippen molar-refractivity contribution in [3.8, 4) is 5.69 Å². The highest BCUT2D eigenvalue weighted by atomic mass is 35.5. The molecule has 1 amide bonds. The maximum atomic E-state index is 12.9. The second-order valence-electron chi connectivity index (χ2n) is 7.03. The second-order valence-corrected chi connectivity index (χ2v) is 9.22. The average molecular weight is 519 g/mol. The highest BCUT2D eigenvalue weighted by Gasteiger charge is 2.34. The summed E-state index contributed by atoms with van der Waals surface area (Å²) in [5, 5.41) is 2.62. The number of hydrogen-bond acceptors (Lipinski definition) is 4. The van der Waals surface area contributed by atoms with Gasteiger partial charge in [-0.15, -0.1) is 0 Å². The standard InChI is InChI=1S/C19H21ClF6N4O2S/c1-2-29(15-12-30(28-17(15)20)13-4-3-8-27-11-13)16(31)10-14(5-6-18(21,22)23)33(32)9-7-19(24,25)26/h3-4,8,11-12,14H,2,5-7,9-10H2,1H3. The van der Waals surface area contributed by atoms with Gasteiger partial charge < -0.3 is 4.90 Å². The second kappa shape index (κ2) is 11.3. The van der Waals surface area contributed by atoms with E-state index in [9.17, 15) is 35.3 Å². The molecule has 0 aliphatic heterocycles. The minimum Gasteiger partial charge on any atom is -0.308 e. The molecule has 0 bridgehead atoms. The molecule has 2 heterocycles. The lowest BCUT2D eigenvalue weighted by Gasteiger charge is -2.23. The van der Waals surface area contributed by atoms with Crippen LogP contribution in [-0.4, -0.2) is 54.8 Å². The molecule has 2 unspecified atom stereocenters. The summed E-state index contributed by atoms with van der Waals surface area (Å²) >= 11 is 6.15. The molecule has 0 N–H and O–H groups in total. The van der Waals surface area contributed by atoms with Crippen molar-refractivity contribution in [2.75, 3.05) is 17.2 Å². The molecule has 0 fully saturated rings. The lowest BCUT2D eigenvalue weighted by molar-refractivity contribution is -0.136. The number of carbonyl (C=O) groups is 1. The molecule has 0 aliphatic carbocycles.